The lowest BCUT2D eigenvalue weighted by Gasteiger charge is -2.30. The van der Waals surface area contributed by atoms with Crippen molar-refractivity contribution in [3.05, 3.63) is 36.5 Å². The summed E-state index contributed by atoms with van der Waals surface area (Å²) in [5, 5.41) is 0. The van der Waals surface area contributed by atoms with Crippen LogP contribution in [0, 0.1) is 0 Å². The van der Waals surface area contributed by atoms with Crippen LogP contribution < -0.4 is 0 Å². The van der Waals surface area contributed by atoms with Crippen LogP contribution in [0.25, 0.3) is 0 Å². The zero-order valence-electron chi connectivity index (χ0n) is 30.5. The Morgan fingerprint density at radius 3 is 1.22 bits per heavy atom. The van der Waals surface area contributed by atoms with E-state index in [1.165, 1.54) is 116 Å². The van der Waals surface area contributed by atoms with Gasteiger partial charge < -0.3 is 9.47 Å². The highest BCUT2D eigenvalue weighted by Crippen LogP contribution is 2.25. The van der Waals surface area contributed by atoms with E-state index in [1.807, 2.05) is 0 Å². The van der Waals surface area contributed by atoms with Gasteiger partial charge in [0.25, 0.3) is 0 Å². The molecule has 46 heavy (non-hydrogen) atoms. The molecule has 0 radical (unpaired) electrons. The first-order chi connectivity index (χ1) is 22.7. The third kappa shape index (κ3) is 27.3. The molecule has 0 aliphatic heterocycles. The number of ether oxygens (including phenoxy) is 2. The van der Waals surface area contributed by atoms with Gasteiger partial charge in [-0.05, 0) is 96.3 Å². The summed E-state index contributed by atoms with van der Waals surface area (Å²) in [4.78, 5) is 25.1. The molecule has 1 aliphatic rings. The summed E-state index contributed by atoms with van der Waals surface area (Å²) >= 11 is 0. The molecule has 1 aliphatic carbocycles. The smallest absolute Gasteiger partial charge is 0.306 e. The fourth-order valence-corrected chi connectivity index (χ4v) is 6.21. The van der Waals surface area contributed by atoms with Crippen molar-refractivity contribution in [2.24, 2.45) is 0 Å². The van der Waals surface area contributed by atoms with E-state index in [9.17, 15) is 9.59 Å². The zero-order valence-corrected chi connectivity index (χ0v) is 30.5. The van der Waals surface area contributed by atoms with Crippen LogP contribution in [0.15, 0.2) is 36.5 Å². The molecule has 266 valence electrons. The number of allylic oxidation sites excluding steroid dienone is 6. The minimum absolute atomic E-state index is 0.126. The number of esters is 2. The monoisotopic (exact) mass is 643 g/mol. The van der Waals surface area contributed by atoms with E-state index in [1.54, 1.807) is 0 Å². The summed E-state index contributed by atoms with van der Waals surface area (Å²) < 4.78 is 11.6. The Balaban J connectivity index is 2.02. The molecule has 4 heteroatoms. The number of rotatable bonds is 31. The van der Waals surface area contributed by atoms with E-state index in [4.69, 9.17) is 9.47 Å². The predicted molar refractivity (Wildman–Crippen MR) is 197 cm³/mol. The molecule has 0 amide bonds. The Hall–Kier alpha value is -1.84. The first-order valence-electron chi connectivity index (χ1n) is 20.0. The fraction of sp³-hybridized carbons (Fsp3) is 0.810. The van der Waals surface area contributed by atoms with E-state index in [-0.39, 0.29) is 24.1 Å². The van der Waals surface area contributed by atoms with Gasteiger partial charge in [-0.25, -0.2) is 0 Å². The lowest BCUT2D eigenvalue weighted by Crippen LogP contribution is -2.37. The molecule has 0 saturated heterocycles. The lowest BCUT2D eigenvalue weighted by atomic mass is 9.94. The fourth-order valence-electron chi connectivity index (χ4n) is 6.21. The van der Waals surface area contributed by atoms with Crippen LogP contribution in [0.2, 0.25) is 0 Å². The van der Waals surface area contributed by atoms with Gasteiger partial charge in [-0.2, -0.15) is 0 Å². The van der Waals surface area contributed by atoms with E-state index < -0.39 is 0 Å². The third-order valence-electron chi connectivity index (χ3n) is 9.18. The SMILES string of the molecule is CCCCC/C=C\C/C=C\CCCCCCCC(=O)O[C@@H]1CCCC[C@@H]1OC(=O)CCCCCCC/C=C\CCCCCCCC. The molecule has 1 fully saturated rings. The summed E-state index contributed by atoms with van der Waals surface area (Å²) in [6.07, 6.45) is 47.1. The average molecular weight is 643 g/mol. The van der Waals surface area contributed by atoms with Crippen molar-refractivity contribution in [2.75, 3.05) is 0 Å². The first-order valence-corrected chi connectivity index (χ1v) is 20.0. The van der Waals surface area contributed by atoms with E-state index in [0.717, 1.165) is 64.2 Å². The highest BCUT2D eigenvalue weighted by molar-refractivity contribution is 5.70. The minimum atomic E-state index is -0.266. The van der Waals surface area contributed by atoms with Crippen LogP contribution >= 0.6 is 0 Å². The van der Waals surface area contributed by atoms with E-state index in [2.05, 4.69) is 50.3 Å². The molecule has 0 unspecified atom stereocenters. The second-order valence-corrected chi connectivity index (χ2v) is 13.7. The summed E-state index contributed by atoms with van der Waals surface area (Å²) in [6, 6.07) is 0. The number of carbonyl (C=O) groups excluding carboxylic acids is 2. The van der Waals surface area contributed by atoms with Crippen LogP contribution in [0.4, 0.5) is 0 Å². The molecule has 0 bridgehead atoms. The van der Waals surface area contributed by atoms with Crippen molar-refractivity contribution in [2.45, 2.75) is 219 Å². The Morgan fingerprint density at radius 2 is 0.783 bits per heavy atom. The van der Waals surface area contributed by atoms with Crippen LogP contribution in [0.1, 0.15) is 206 Å². The van der Waals surface area contributed by atoms with Gasteiger partial charge in [-0.3, -0.25) is 9.59 Å². The predicted octanol–water partition coefficient (Wildman–Crippen LogP) is 13.2. The maximum absolute atomic E-state index is 12.5. The normalized spacial score (nSPS) is 17.0. The van der Waals surface area contributed by atoms with Crippen LogP contribution in [0.5, 0.6) is 0 Å². The largest absolute Gasteiger partial charge is 0.458 e. The summed E-state index contributed by atoms with van der Waals surface area (Å²) in [6.45, 7) is 4.51. The number of hydrogen-bond acceptors (Lipinski definition) is 4. The maximum Gasteiger partial charge on any atom is 0.306 e. The number of carbonyl (C=O) groups is 2. The van der Waals surface area contributed by atoms with Gasteiger partial charge >= 0.3 is 11.9 Å². The highest BCUT2D eigenvalue weighted by atomic mass is 16.6. The van der Waals surface area contributed by atoms with Crippen LogP contribution in [-0.2, 0) is 19.1 Å². The van der Waals surface area contributed by atoms with Crippen LogP contribution in [-0.4, -0.2) is 24.1 Å². The van der Waals surface area contributed by atoms with E-state index in [0.29, 0.717) is 12.8 Å². The van der Waals surface area contributed by atoms with Crippen molar-refractivity contribution in [3.8, 4) is 0 Å². The van der Waals surface area contributed by atoms with Crippen molar-refractivity contribution in [3.63, 3.8) is 0 Å². The molecule has 0 N–H and O–H groups in total. The van der Waals surface area contributed by atoms with Gasteiger partial charge in [-0.1, -0.05) is 134 Å². The standard InChI is InChI=1S/C42H74O4/c1-3-5-7-9-11-13-15-17-19-21-23-25-27-29-31-37-41(43)45-39-35-33-34-36-40(39)46-42(44)38-32-30-28-26-24-22-20-18-16-14-12-10-8-6-4-2/h11,13,17-20,39-40H,3-10,12,14-16,21-38H2,1-2H3/b13-11-,19-17-,20-18-/t39-,40+/m1/s1. The highest BCUT2D eigenvalue weighted by Gasteiger charge is 2.31. The van der Waals surface area contributed by atoms with Gasteiger partial charge in [0.05, 0.1) is 0 Å². The molecular weight excluding hydrogens is 568 g/mol. The van der Waals surface area contributed by atoms with E-state index >= 15 is 0 Å². The molecular formula is C42H74O4. The summed E-state index contributed by atoms with van der Waals surface area (Å²) in [5.41, 5.74) is 0. The number of hydrogen-bond donors (Lipinski definition) is 0. The second-order valence-electron chi connectivity index (χ2n) is 13.7. The zero-order chi connectivity index (χ0) is 33.2. The molecule has 0 aromatic carbocycles. The van der Waals surface area contributed by atoms with Gasteiger partial charge in [0, 0.05) is 12.8 Å². The van der Waals surface area contributed by atoms with Crippen molar-refractivity contribution in [1.82, 2.24) is 0 Å². The van der Waals surface area contributed by atoms with Gasteiger partial charge in [0.1, 0.15) is 12.2 Å². The van der Waals surface area contributed by atoms with Crippen molar-refractivity contribution in [1.29, 1.82) is 0 Å². The molecule has 2 atom stereocenters. The third-order valence-corrected chi connectivity index (χ3v) is 9.18. The van der Waals surface area contributed by atoms with Crippen LogP contribution in [0.3, 0.4) is 0 Å². The molecule has 0 heterocycles. The minimum Gasteiger partial charge on any atom is -0.458 e. The van der Waals surface area contributed by atoms with Gasteiger partial charge in [-0.15, -0.1) is 0 Å². The summed E-state index contributed by atoms with van der Waals surface area (Å²) in [5.74, 6) is -0.254. The van der Waals surface area contributed by atoms with Crippen molar-refractivity contribution >= 4 is 11.9 Å². The van der Waals surface area contributed by atoms with Gasteiger partial charge in [0.2, 0.25) is 0 Å². The first kappa shape index (κ1) is 42.2. The number of unbranched alkanes of at least 4 members (excludes halogenated alkanes) is 19. The lowest BCUT2D eigenvalue weighted by molar-refractivity contribution is -0.171. The average Bonchev–Trinajstić information content (AvgIpc) is 3.05. The Morgan fingerprint density at radius 1 is 0.457 bits per heavy atom. The molecule has 0 aromatic heterocycles. The Bertz CT molecular complexity index is 783. The topological polar surface area (TPSA) is 52.6 Å². The second kappa shape index (κ2) is 33.1. The quantitative estimate of drug-likeness (QED) is 0.0429. The Labute approximate surface area is 285 Å². The molecule has 0 spiro atoms. The molecule has 4 nitrogen and oxygen atoms in total. The molecule has 0 aromatic rings. The molecule has 1 saturated carbocycles. The Kier molecular flexibility index (Phi) is 30.3. The van der Waals surface area contributed by atoms with Gasteiger partial charge in [0.15, 0.2) is 0 Å². The maximum atomic E-state index is 12.5. The summed E-state index contributed by atoms with van der Waals surface area (Å²) in [7, 11) is 0. The molecule has 1 rings (SSSR count). The van der Waals surface area contributed by atoms with Crippen molar-refractivity contribution < 1.29 is 19.1 Å².